The molecule has 4 aromatic rings. The Labute approximate surface area is 207 Å². The van der Waals surface area contributed by atoms with E-state index in [1.165, 1.54) is 11.3 Å². The van der Waals surface area contributed by atoms with Crippen LogP contribution in [0.25, 0.3) is 21.0 Å². The molecule has 8 heteroatoms. The van der Waals surface area contributed by atoms with Crippen molar-refractivity contribution in [1.82, 2.24) is 9.88 Å². The fourth-order valence-electron chi connectivity index (χ4n) is 4.31. The minimum absolute atomic E-state index is 0.126. The van der Waals surface area contributed by atoms with E-state index in [1.54, 1.807) is 12.0 Å². The molecule has 176 valence electrons. The molecule has 2 heterocycles. The highest BCUT2D eigenvalue weighted by atomic mass is 35.5. The lowest BCUT2D eigenvalue weighted by atomic mass is 10.0. The highest BCUT2D eigenvalue weighted by Crippen LogP contribution is 2.35. The van der Waals surface area contributed by atoms with Crippen LogP contribution in [0.2, 0.25) is 5.02 Å². The molecule has 0 spiro atoms. The van der Waals surface area contributed by atoms with Gasteiger partial charge in [0.05, 0.1) is 36.1 Å². The first-order valence-electron chi connectivity index (χ1n) is 11.3. The summed E-state index contributed by atoms with van der Waals surface area (Å²) >= 11 is 7.78. The van der Waals surface area contributed by atoms with E-state index < -0.39 is 0 Å². The molecule has 0 saturated carbocycles. The quantitative estimate of drug-likeness (QED) is 0.358. The van der Waals surface area contributed by atoms with Crippen molar-refractivity contribution in [2.24, 2.45) is 0 Å². The lowest BCUT2D eigenvalue weighted by Crippen LogP contribution is -2.43. The molecular formula is C26H26ClN3O3S. The summed E-state index contributed by atoms with van der Waals surface area (Å²) in [7, 11) is 1.60. The van der Waals surface area contributed by atoms with Crippen molar-refractivity contribution in [3.05, 3.63) is 64.7 Å². The van der Waals surface area contributed by atoms with E-state index in [2.05, 4.69) is 4.90 Å². The second kappa shape index (κ2) is 9.88. The van der Waals surface area contributed by atoms with Gasteiger partial charge in [-0.2, -0.15) is 0 Å². The molecule has 3 aromatic carbocycles. The zero-order valence-electron chi connectivity index (χ0n) is 19.2. The topological polar surface area (TPSA) is 54.9 Å². The molecular weight excluding hydrogens is 470 g/mol. The van der Waals surface area contributed by atoms with Crippen molar-refractivity contribution < 1.29 is 14.3 Å². The van der Waals surface area contributed by atoms with Gasteiger partial charge in [0.2, 0.25) is 0 Å². The van der Waals surface area contributed by atoms with Crippen molar-refractivity contribution in [3.8, 4) is 5.75 Å². The molecule has 0 unspecified atom stereocenters. The fourth-order valence-corrected chi connectivity index (χ4v) is 5.75. The maximum absolute atomic E-state index is 14.0. The highest BCUT2D eigenvalue weighted by molar-refractivity contribution is 7.22. The molecule has 0 aliphatic carbocycles. The van der Waals surface area contributed by atoms with Gasteiger partial charge in [-0.3, -0.25) is 14.6 Å². The highest BCUT2D eigenvalue weighted by Gasteiger charge is 2.26. The summed E-state index contributed by atoms with van der Waals surface area (Å²) in [5, 5.41) is 3.35. The van der Waals surface area contributed by atoms with Crippen molar-refractivity contribution >= 4 is 55.0 Å². The van der Waals surface area contributed by atoms with Crippen LogP contribution in [0, 0.1) is 6.92 Å². The van der Waals surface area contributed by atoms with Crippen molar-refractivity contribution in [2.45, 2.75) is 6.92 Å². The number of benzene rings is 3. The third-order valence-corrected chi connectivity index (χ3v) is 7.40. The van der Waals surface area contributed by atoms with Gasteiger partial charge in [-0.05, 0) is 47.5 Å². The van der Waals surface area contributed by atoms with Crippen LogP contribution in [0.1, 0.15) is 15.9 Å². The van der Waals surface area contributed by atoms with Gasteiger partial charge >= 0.3 is 0 Å². The molecule has 0 bridgehead atoms. The minimum Gasteiger partial charge on any atom is -0.496 e. The lowest BCUT2D eigenvalue weighted by molar-refractivity contribution is 0.0391. The predicted octanol–water partition coefficient (Wildman–Crippen LogP) is 5.40. The van der Waals surface area contributed by atoms with E-state index in [4.69, 9.17) is 26.1 Å². The summed E-state index contributed by atoms with van der Waals surface area (Å²) in [5.74, 6) is 0.430. The summed E-state index contributed by atoms with van der Waals surface area (Å²) in [6, 6.07) is 15.6. The zero-order chi connectivity index (χ0) is 23.7. The van der Waals surface area contributed by atoms with E-state index in [0.717, 1.165) is 46.2 Å². The number of hydrogen-bond donors (Lipinski definition) is 0. The number of carbonyl (C=O) groups excluding carboxylic acids is 1. The molecule has 1 amide bonds. The zero-order valence-corrected chi connectivity index (χ0v) is 20.8. The third kappa shape index (κ3) is 4.61. The van der Waals surface area contributed by atoms with Crippen LogP contribution in [0.4, 0.5) is 5.13 Å². The smallest absolute Gasteiger partial charge is 0.263 e. The number of halogens is 1. The number of aryl methyl sites for hydroxylation is 1. The lowest BCUT2D eigenvalue weighted by Gasteiger charge is -2.29. The number of anilines is 1. The number of morpholine rings is 1. The largest absolute Gasteiger partial charge is 0.496 e. The van der Waals surface area contributed by atoms with Crippen molar-refractivity contribution in [1.29, 1.82) is 0 Å². The minimum atomic E-state index is -0.126. The van der Waals surface area contributed by atoms with Gasteiger partial charge in [-0.1, -0.05) is 47.2 Å². The number of fused-ring (bicyclic) bond motifs is 2. The van der Waals surface area contributed by atoms with Gasteiger partial charge in [-0.15, -0.1) is 0 Å². The summed E-state index contributed by atoms with van der Waals surface area (Å²) in [6.45, 7) is 6.38. The number of aromatic nitrogens is 1. The molecule has 0 N–H and O–H groups in total. The van der Waals surface area contributed by atoms with Crippen LogP contribution >= 0.6 is 22.9 Å². The van der Waals surface area contributed by atoms with Gasteiger partial charge in [-0.25, -0.2) is 4.98 Å². The normalized spacial score (nSPS) is 14.6. The van der Waals surface area contributed by atoms with E-state index >= 15 is 0 Å². The number of methoxy groups -OCH3 is 1. The predicted molar refractivity (Wildman–Crippen MR) is 139 cm³/mol. The molecule has 5 rings (SSSR count). The number of nitrogens with zero attached hydrogens (tertiary/aromatic N) is 3. The monoisotopic (exact) mass is 495 g/mol. The first kappa shape index (κ1) is 23.1. The first-order valence-corrected chi connectivity index (χ1v) is 12.5. The Morgan fingerprint density at radius 2 is 1.91 bits per heavy atom. The van der Waals surface area contributed by atoms with Gasteiger partial charge in [0.15, 0.2) is 5.13 Å². The molecule has 1 aliphatic rings. The van der Waals surface area contributed by atoms with Crippen LogP contribution in [0.15, 0.2) is 48.5 Å². The second-order valence-electron chi connectivity index (χ2n) is 8.38. The average molecular weight is 496 g/mol. The summed E-state index contributed by atoms with van der Waals surface area (Å²) < 4.78 is 12.1. The molecule has 1 aromatic heterocycles. The summed E-state index contributed by atoms with van der Waals surface area (Å²) in [5.41, 5.74) is 2.39. The molecule has 0 radical (unpaired) electrons. The van der Waals surface area contributed by atoms with E-state index in [0.29, 0.717) is 41.2 Å². The number of carbonyl (C=O) groups is 1. The van der Waals surface area contributed by atoms with Crippen LogP contribution in [0.5, 0.6) is 5.75 Å². The van der Waals surface area contributed by atoms with Crippen LogP contribution in [0.3, 0.4) is 0 Å². The van der Waals surface area contributed by atoms with Gasteiger partial charge < -0.3 is 9.47 Å². The maximum Gasteiger partial charge on any atom is 0.263 e. The van der Waals surface area contributed by atoms with Crippen LogP contribution in [-0.4, -0.2) is 62.3 Å². The molecule has 0 atom stereocenters. The summed E-state index contributed by atoms with van der Waals surface area (Å²) in [6.07, 6.45) is 0. The number of ether oxygens (including phenoxy) is 2. The number of hydrogen-bond acceptors (Lipinski definition) is 6. The first-order chi connectivity index (χ1) is 16.5. The second-order valence-corrected chi connectivity index (χ2v) is 9.82. The molecule has 34 heavy (non-hydrogen) atoms. The Bertz CT molecular complexity index is 1350. The van der Waals surface area contributed by atoms with Gasteiger partial charge in [0.25, 0.3) is 5.91 Å². The molecule has 1 saturated heterocycles. The van der Waals surface area contributed by atoms with E-state index in [9.17, 15) is 4.79 Å². The van der Waals surface area contributed by atoms with Gasteiger partial charge in [0, 0.05) is 31.2 Å². The van der Waals surface area contributed by atoms with E-state index in [-0.39, 0.29) is 5.91 Å². The third-order valence-electron chi connectivity index (χ3n) is 6.16. The Morgan fingerprint density at radius 3 is 2.65 bits per heavy atom. The van der Waals surface area contributed by atoms with Crippen LogP contribution < -0.4 is 9.64 Å². The average Bonchev–Trinajstić information content (AvgIpc) is 3.28. The summed E-state index contributed by atoms with van der Waals surface area (Å²) in [4.78, 5) is 23.0. The fraction of sp³-hybridized carbons (Fsp3) is 0.308. The van der Waals surface area contributed by atoms with Gasteiger partial charge in [0.1, 0.15) is 5.75 Å². The Balaban J connectivity index is 1.55. The molecule has 6 nitrogen and oxygen atoms in total. The number of rotatable bonds is 6. The Kier molecular flexibility index (Phi) is 6.70. The van der Waals surface area contributed by atoms with E-state index in [1.807, 2.05) is 55.5 Å². The molecule has 1 fully saturated rings. The number of thiazole rings is 1. The molecule has 1 aliphatic heterocycles. The van der Waals surface area contributed by atoms with Crippen molar-refractivity contribution in [2.75, 3.05) is 51.4 Å². The van der Waals surface area contributed by atoms with Crippen molar-refractivity contribution in [3.63, 3.8) is 0 Å². The Hall–Kier alpha value is -2.71. The van der Waals surface area contributed by atoms with Crippen LogP contribution in [-0.2, 0) is 4.74 Å². The SMILES string of the molecule is COc1cc2ccccc2cc1C(=O)N(CCN1CCOCC1)c1nc2c(C)cc(Cl)cc2s1. The Morgan fingerprint density at radius 1 is 1.18 bits per heavy atom. The maximum atomic E-state index is 14.0. The number of amides is 1. The standard InChI is InChI=1S/C26H26ClN3O3S/c1-17-13-20(27)16-23-24(17)28-26(34-23)30(8-7-29-9-11-33-12-10-29)25(31)21-14-18-5-3-4-6-19(18)15-22(21)32-2/h3-6,13-16H,7-12H2,1-2H3.